The van der Waals surface area contributed by atoms with E-state index in [-0.39, 0.29) is 11.5 Å². The lowest BCUT2D eigenvalue weighted by molar-refractivity contribution is -0.119. The fraction of sp³-hybridized carbons (Fsp3) is 0.375. The number of nitrogens with one attached hydrogen (secondary N) is 2. The summed E-state index contributed by atoms with van der Waals surface area (Å²) in [7, 11) is 0. The van der Waals surface area contributed by atoms with Crippen LogP contribution in [0.1, 0.15) is 12.5 Å². The van der Waals surface area contributed by atoms with Crippen LogP contribution in [0.5, 0.6) is 0 Å². The average Bonchev–Trinajstić information content (AvgIpc) is 2.54. The molecule has 0 spiro atoms. The van der Waals surface area contributed by atoms with Crippen molar-refractivity contribution in [3.63, 3.8) is 0 Å². The molecule has 0 atom stereocenters. The molecule has 8 heteroatoms. The molecule has 0 bridgehead atoms. The Bertz CT molecular complexity index is 824. The fourth-order valence-electron chi connectivity index (χ4n) is 2.85. The van der Waals surface area contributed by atoms with Crippen molar-refractivity contribution in [3.8, 4) is 0 Å². The first-order valence-electron chi connectivity index (χ1n) is 7.77. The Labute approximate surface area is 138 Å². The minimum absolute atomic E-state index is 0.214. The van der Waals surface area contributed by atoms with E-state index in [1.54, 1.807) is 17.0 Å². The van der Waals surface area contributed by atoms with Gasteiger partial charge in [-0.25, -0.2) is 4.98 Å². The molecule has 0 unspecified atom stereocenters. The molecule has 2 aromatic heterocycles. The van der Waals surface area contributed by atoms with Crippen molar-refractivity contribution in [2.45, 2.75) is 13.5 Å². The molecule has 1 fully saturated rings. The van der Waals surface area contributed by atoms with Gasteiger partial charge in [0.05, 0.1) is 0 Å². The number of hydrogen-bond donors (Lipinski definition) is 2. The van der Waals surface area contributed by atoms with Crippen molar-refractivity contribution in [2.24, 2.45) is 0 Å². The minimum Gasteiger partial charge on any atom is -0.343 e. The van der Waals surface area contributed by atoms with E-state index in [9.17, 15) is 14.4 Å². The SMILES string of the molecule is CC(=O)Nc1ccc2c(CN3CCN(C=O)CC3)cc(=O)[nH]c2n1. The Morgan fingerprint density at radius 1 is 1.33 bits per heavy atom. The monoisotopic (exact) mass is 329 g/mol. The Balaban J connectivity index is 1.86. The molecule has 1 saturated heterocycles. The van der Waals surface area contributed by atoms with E-state index in [0.717, 1.165) is 30.4 Å². The van der Waals surface area contributed by atoms with E-state index in [4.69, 9.17) is 0 Å². The molecule has 8 nitrogen and oxygen atoms in total. The first-order valence-corrected chi connectivity index (χ1v) is 7.77. The zero-order chi connectivity index (χ0) is 17.1. The molecule has 0 radical (unpaired) electrons. The van der Waals surface area contributed by atoms with Crippen LogP contribution in [-0.4, -0.2) is 58.3 Å². The number of pyridine rings is 2. The highest BCUT2D eigenvalue weighted by atomic mass is 16.1. The summed E-state index contributed by atoms with van der Waals surface area (Å²) in [6.45, 7) is 4.94. The zero-order valence-electron chi connectivity index (χ0n) is 13.4. The van der Waals surface area contributed by atoms with Gasteiger partial charge in [0.2, 0.25) is 17.9 Å². The van der Waals surface area contributed by atoms with Gasteiger partial charge in [0.25, 0.3) is 0 Å². The van der Waals surface area contributed by atoms with Crippen LogP contribution < -0.4 is 10.9 Å². The third-order valence-electron chi connectivity index (χ3n) is 4.04. The van der Waals surface area contributed by atoms with Crippen molar-refractivity contribution in [1.82, 2.24) is 19.8 Å². The highest BCUT2D eigenvalue weighted by molar-refractivity contribution is 5.89. The first-order chi connectivity index (χ1) is 11.5. The third kappa shape index (κ3) is 3.60. The molecule has 126 valence electrons. The highest BCUT2D eigenvalue weighted by Gasteiger charge is 2.17. The number of fused-ring (bicyclic) bond motifs is 1. The first kappa shape index (κ1) is 16.1. The van der Waals surface area contributed by atoms with Gasteiger partial charge in [0, 0.05) is 51.1 Å². The predicted octanol–water partition coefficient (Wildman–Crippen LogP) is 0.155. The summed E-state index contributed by atoms with van der Waals surface area (Å²) in [4.78, 5) is 44.8. The second-order valence-electron chi connectivity index (χ2n) is 5.85. The summed E-state index contributed by atoms with van der Waals surface area (Å²) in [6.07, 6.45) is 0.868. The largest absolute Gasteiger partial charge is 0.343 e. The minimum atomic E-state index is -0.225. The van der Waals surface area contributed by atoms with Crippen LogP contribution in [0.4, 0.5) is 5.82 Å². The van der Waals surface area contributed by atoms with Crippen molar-refractivity contribution < 1.29 is 9.59 Å². The number of carbonyl (C=O) groups excluding carboxylic acids is 2. The van der Waals surface area contributed by atoms with Crippen molar-refractivity contribution in [2.75, 3.05) is 31.5 Å². The zero-order valence-corrected chi connectivity index (χ0v) is 13.4. The number of hydrogen-bond acceptors (Lipinski definition) is 5. The summed E-state index contributed by atoms with van der Waals surface area (Å²) in [5.41, 5.74) is 1.11. The quantitative estimate of drug-likeness (QED) is 0.779. The molecular formula is C16H19N5O3. The summed E-state index contributed by atoms with van der Waals surface area (Å²) in [6, 6.07) is 5.14. The molecule has 2 amide bonds. The van der Waals surface area contributed by atoms with E-state index in [1.165, 1.54) is 6.92 Å². The van der Waals surface area contributed by atoms with Gasteiger partial charge in [0.1, 0.15) is 11.5 Å². The number of piperazine rings is 1. The fourth-order valence-corrected chi connectivity index (χ4v) is 2.85. The molecular weight excluding hydrogens is 310 g/mol. The molecule has 24 heavy (non-hydrogen) atoms. The van der Waals surface area contributed by atoms with Crippen LogP contribution in [0.15, 0.2) is 23.0 Å². The van der Waals surface area contributed by atoms with Crippen LogP contribution in [0.2, 0.25) is 0 Å². The van der Waals surface area contributed by atoms with Gasteiger partial charge in [0.15, 0.2) is 0 Å². The number of H-pyrrole nitrogens is 1. The smallest absolute Gasteiger partial charge is 0.249 e. The highest BCUT2D eigenvalue weighted by Crippen LogP contribution is 2.18. The molecule has 0 saturated carbocycles. The molecule has 0 aliphatic carbocycles. The molecule has 3 heterocycles. The topological polar surface area (TPSA) is 98.4 Å². The summed E-state index contributed by atoms with van der Waals surface area (Å²) in [5, 5.41) is 3.46. The lowest BCUT2D eigenvalue weighted by Gasteiger charge is -2.32. The van der Waals surface area contributed by atoms with E-state index in [0.29, 0.717) is 31.1 Å². The van der Waals surface area contributed by atoms with Gasteiger partial charge in [-0.2, -0.15) is 0 Å². The van der Waals surface area contributed by atoms with E-state index < -0.39 is 0 Å². The number of aromatic nitrogens is 2. The molecule has 1 aliphatic rings. The number of anilines is 1. The Morgan fingerprint density at radius 3 is 2.75 bits per heavy atom. The van der Waals surface area contributed by atoms with Crippen molar-refractivity contribution >= 4 is 29.2 Å². The average molecular weight is 329 g/mol. The van der Waals surface area contributed by atoms with Gasteiger partial charge in [-0.1, -0.05) is 0 Å². The van der Waals surface area contributed by atoms with Gasteiger partial charge in [-0.05, 0) is 17.7 Å². The van der Waals surface area contributed by atoms with Gasteiger partial charge in [-0.15, -0.1) is 0 Å². The molecule has 3 rings (SSSR count). The van der Waals surface area contributed by atoms with Crippen LogP contribution in [0.3, 0.4) is 0 Å². The summed E-state index contributed by atoms with van der Waals surface area (Å²) >= 11 is 0. The number of aromatic amines is 1. The Kier molecular flexibility index (Phi) is 4.57. The summed E-state index contributed by atoms with van der Waals surface area (Å²) in [5.74, 6) is 0.191. The number of amides is 2. The lowest BCUT2D eigenvalue weighted by Crippen LogP contribution is -2.45. The Morgan fingerprint density at radius 2 is 2.08 bits per heavy atom. The van der Waals surface area contributed by atoms with Crippen LogP contribution in [0.25, 0.3) is 11.0 Å². The van der Waals surface area contributed by atoms with Crippen molar-refractivity contribution in [3.05, 3.63) is 34.1 Å². The molecule has 0 aromatic carbocycles. The van der Waals surface area contributed by atoms with Crippen molar-refractivity contribution in [1.29, 1.82) is 0 Å². The molecule has 2 aromatic rings. The summed E-state index contributed by atoms with van der Waals surface area (Å²) < 4.78 is 0. The van der Waals surface area contributed by atoms with E-state index >= 15 is 0 Å². The van der Waals surface area contributed by atoms with E-state index in [1.807, 2.05) is 6.07 Å². The second-order valence-corrected chi connectivity index (χ2v) is 5.85. The normalized spacial score (nSPS) is 15.5. The molecule has 2 N–H and O–H groups in total. The third-order valence-corrected chi connectivity index (χ3v) is 4.04. The van der Waals surface area contributed by atoms with Gasteiger partial charge >= 0.3 is 0 Å². The lowest BCUT2D eigenvalue weighted by atomic mass is 10.1. The molecule has 1 aliphatic heterocycles. The maximum atomic E-state index is 11.9. The standard InChI is InChI=1S/C16H19N5O3/c1-11(23)17-14-3-2-13-12(8-15(24)19-16(13)18-14)9-20-4-6-21(10-22)7-5-20/h2-3,8,10H,4-7,9H2,1H3,(H2,17,18,19,23,24). The van der Waals surface area contributed by atoms with Crippen LogP contribution in [-0.2, 0) is 16.1 Å². The van der Waals surface area contributed by atoms with Crippen LogP contribution >= 0.6 is 0 Å². The van der Waals surface area contributed by atoms with Gasteiger partial charge < -0.3 is 15.2 Å². The van der Waals surface area contributed by atoms with Gasteiger partial charge in [-0.3, -0.25) is 19.3 Å². The number of nitrogens with zero attached hydrogens (tertiary/aromatic N) is 3. The predicted molar refractivity (Wildman–Crippen MR) is 89.6 cm³/mol. The van der Waals surface area contributed by atoms with Crippen LogP contribution in [0, 0.1) is 0 Å². The Hall–Kier alpha value is -2.74. The number of rotatable bonds is 4. The number of carbonyl (C=O) groups is 2. The maximum absolute atomic E-state index is 11.9. The van der Waals surface area contributed by atoms with E-state index in [2.05, 4.69) is 20.2 Å². The maximum Gasteiger partial charge on any atom is 0.249 e. The second kappa shape index (κ2) is 6.79.